The highest BCUT2D eigenvalue weighted by Crippen LogP contribution is 2.21. The van der Waals surface area contributed by atoms with E-state index in [0.717, 1.165) is 30.3 Å². The smallest absolute Gasteiger partial charge is 0.108 e. The van der Waals surface area contributed by atoms with Crippen LogP contribution in [-0.4, -0.2) is 24.2 Å². The Balaban J connectivity index is 1.96. The van der Waals surface area contributed by atoms with Gasteiger partial charge < -0.3 is 10.1 Å². The van der Waals surface area contributed by atoms with Crippen molar-refractivity contribution in [1.82, 2.24) is 10.3 Å². The second kappa shape index (κ2) is 6.98. The summed E-state index contributed by atoms with van der Waals surface area (Å²) in [7, 11) is 0. The van der Waals surface area contributed by atoms with E-state index in [9.17, 15) is 0 Å². The van der Waals surface area contributed by atoms with E-state index in [1.54, 1.807) is 11.3 Å². The molecule has 4 heteroatoms. The fourth-order valence-corrected chi connectivity index (χ4v) is 2.86. The van der Waals surface area contributed by atoms with Crippen LogP contribution in [0.5, 0.6) is 0 Å². The van der Waals surface area contributed by atoms with Crippen LogP contribution in [0.3, 0.4) is 0 Å². The molecule has 1 N–H and O–H groups in total. The summed E-state index contributed by atoms with van der Waals surface area (Å²) in [5.41, 5.74) is 1.09. The maximum Gasteiger partial charge on any atom is 0.108 e. The Morgan fingerprint density at radius 2 is 2.11 bits per heavy atom. The highest BCUT2D eigenvalue weighted by Gasteiger charge is 2.13. The predicted octanol–water partition coefficient (Wildman–Crippen LogP) is 3.45. The highest BCUT2D eigenvalue weighted by atomic mass is 32.1. The van der Waals surface area contributed by atoms with Gasteiger partial charge in [0.15, 0.2) is 0 Å². The summed E-state index contributed by atoms with van der Waals surface area (Å²) in [4.78, 5) is 4.64. The van der Waals surface area contributed by atoms with Crippen LogP contribution < -0.4 is 5.32 Å². The van der Waals surface area contributed by atoms with E-state index < -0.39 is 0 Å². The van der Waals surface area contributed by atoms with E-state index in [2.05, 4.69) is 42.3 Å². The zero-order valence-electron chi connectivity index (χ0n) is 11.8. The molecule has 0 saturated heterocycles. The number of hydrogen-bond acceptors (Lipinski definition) is 4. The molecule has 0 spiro atoms. The number of nitrogens with zero attached hydrogens (tertiary/aromatic N) is 1. The van der Waals surface area contributed by atoms with Gasteiger partial charge in [0, 0.05) is 19.2 Å². The SMILES string of the molecule is CCOCC(NCc1nc2ccccc2s1)C(C)C. The molecule has 19 heavy (non-hydrogen) atoms. The average Bonchev–Trinajstić information content (AvgIpc) is 2.81. The monoisotopic (exact) mass is 278 g/mol. The molecule has 0 aliphatic rings. The lowest BCUT2D eigenvalue weighted by Gasteiger charge is -2.21. The minimum absolute atomic E-state index is 0.381. The van der Waals surface area contributed by atoms with Crippen molar-refractivity contribution in [3.8, 4) is 0 Å². The first kappa shape index (κ1) is 14.4. The van der Waals surface area contributed by atoms with Crippen molar-refractivity contribution in [3.05, 3.63) is 29.3 Å². The largest absolute Gasteiger partial charge is 0.380 e. The molecule has 0 bridgehead atoms. The summed E-state index contributed by atoms with van der Waals surface area (Å²) in [6.07, 6.45) is 0. The molecular formula is C15H22N2OS. The Labute approximate surface area is 119 Å². The molecule has 2 rings (SSSR count). The van der Waals surface area contributed by atoms with Crippen LogP contribution in [0, 0.1) is 5.92 Å². The lowest BCUT2D eigenvalue weighted by Crippen LogP contribution is -2.37. The van der Waals surface area contributed by atoms with Gasteiger partial charge in [-0.3, -0.25) is 0 Å². The fourth-order valence-electron chi connectivity index (χ4n) is 1.95. The molecule has 1 aromatic heterocycles. The van der Waals surface area contributed by atoms with Crippen LogP contribution in [0.15, 0.2) is 24.3 Å². The van der Waals surface area contributed by atoms with Gasteiger partial charge in [0.1, 0.15) is 5.01 Å². The standard InChI is InChI=1S/C15H22N2OS/c1-4-18-10-13(11(2)3)16-9-15-17-12-7-5-6-8-14(12)19-15/h5-8,11,13,16H,4,9-10H2,1-3H3. The van der Waals surface area contributed by atoms with Crippen molar-refractivity contribution in [2.24, 2.45) is 5.92 Å². The third-order valence-electron chi connectivity index (χ3n) is 3.16. The van der Waals surface area contributed by atoms with Crippen molar-refractivity contribution in [1.29, 1.82) is 0 Å². The zero-order valence-corrected chi connectivity index (χ0v) is 12.7. The van der Waals surface area contributed by atoms with E-state index in [1.807, 2.05) is 13.0 Å². The van der Waals surface area contributed by atoms with Crippen LogP contribution in [-0.2, 0) is 11.3 Å². The Morgan fingerprint density at radius 1 is 1.32 bits per heavy atom. The quantitative estimate of drug-likeness (QED) is 0.842. The first-order valence-electron chi connectivity index (χ1n) is 6.86. The van der Waals surface area contributed by atoms with Crippen LogP contribution in [0.2, 0.25) is 0 Å². The lowest BCUT2D eigenvalue weighted by molar-refractivity contribution is 0.108. The van der Waals surface area contributed by atoms with Gasteiger partial charge in [-0.05, 0) is 25.0 Å². The molecule has 0 aliphatic carbocycles. The minimum Gasteiger partial charge on any atom is -0.380 e. The third-order valence-corrected chi connectivity index (χ3v) is 4.20. The van der Waals surface area contributed by atoms with Gasteiger partial charge in [-0.2, -0.15) is 0 Å². The Bertz CT molecular complexity index is 477. The van der Waals surface area contributed by atoms with Crippen molar-refractivity contribution >= 4 is 21.6 Å². The van der Waals surface area contributed by atoms with E-state index in [1.165, 1.54) is 4.70 Å². The van der Waals surface area contributed by atoms with Gasteiger partial charge >= 0.3 is 0 Å². The number of rotatable bonds is 7. The number of benzene rings is 1. The molecule has 0 aliphatic heterocycles. The number of fused-ring (bicyclic) bond motifs is 1. The van der Waals surface area contributed by atoms with Gasteiger partial charge in [-0.15, -0.1) is 11.3 Å². The maximum absolute atomic E-state index is 5.52. The van der Waals surface area contributed by atoms with E-state index in [4.69, 9.17) is 4.74 Å². The number of nitrogens with one attached hydrogen (secondary N) is 1. The molecule has 1 aromatic carbocycles. The first-order valence-corrected chi connectivity index (χ1v) is 7.68. The maximum atomic E-state index is 5.52. The Kier molecular flexibility index (Phi) is 5.31. The number of thiazole rings is 1. The number of ether oxygens (including phenoxy) is 1. The second-order valence-corrected chi connectivity index (χ2v) is 6.08. The van der Waals surface area contributed by atoms with Crippen molar-refractivity contribution < 1.29 is 4.74 Å². The van der Waals surface area contributed by atoms with Gasteiger partial charge in [-0.25, -0.2) is 4.98 Å². The summed E-state index contributed by atoms with van der Waals surface area (Å²) < 4.78 is 6.78. The van der Waals surface area contributed by atoms with Crippen LogP contribution in [0.4, 0.5) is 0 Å². The summed E-state index contributed by atoms with van der Waals surface area (Å²) in [6.45, 7) is 8.81. The lowest BCUT2D eigenvalue weighted by atomic mass is 10.1. The van der Waals surface area contributed by atoms with Gasteiger partial charge in [0.05, 0.1) is 16.8 Å². The van der Waals surface area contributed by atoms with E-state index in [-0.39, 0.29) is 0 Å². The zero-order chi connectivity index (χ0) is 13.7. The summed E-state index contributed by atoms with van der Waals surface area (Å²) in [5, 5.41) is 4.70. The predicted molar refractivity (Wildman–Crippen MR) is 81.6 cm³/mol. The Hall–Kier alpha value is -0.970. The van der Waals surface area contributed by atoms with E-state index in [0.29, 0.717) is 12.0 Å². The fraction of sp³-hybridized carbons (Fsp3) is 0.533. The molecule has 104 valence electrons. The number of para-hydroxylation sites is 1. The molecular weight excluding hydrogens is 256 g/mol. The molecule has 0 amide bonds. The topological polar surface area (TPSA) is 34.1 Å². The average molecular weight is 278 g/mol. The molecule has 1 heterocycles. The summed E-state index contributed by atoms with van der Waals surface area (Å²) in [6, 6.07) is 8.66. The molecule has 0 radical (unpaired) electrons. The molecule has 0 saturated carbocycles. The normalized spacial score (nSPS) is 13.3. The van der Waals surface area contributed by atoms with Crippen LogP contribution in [0.1, 0.15) is 25.8 Å². The first-order chi connectivity index (χ1) is 9.20. The second-order valence-electron chi connectivity index (χ2n) is 4.97. The van der Waals surface area contributed by atoms with Crippen molar-refractivity contribution in [2.45, 2.75) is 33.4 Å². The van der Waals surface area contributed by atoms with Gasteiger partial charge in [0.2, 0.25) is 0 Å². The number of aromatic nitrogens is 1. The Morgan fingerprint density at radius 3 is 2.79 bits per heavy atom. The van der Waals surface area contributed by atoms with Gasteiger partial charge in [-0.1, -0.05) is 26.0 Å². The van der Waals surface area contributed by atoms with Crippen molar-refractivity contribution in [2.75, 3.05) is 13.2 Å². The highest BCUT2D eigenvalue weighted by molar-refractivity contribution is 7.18. The van der Waals surface area contributed by atoms with E-state index >= 15 is 0 Å². The van der Waals surface area contributed by atoms with Gasteiger partial charge in [0.25, 0.3) is 0 Å². The molecule has 1 atom stereocenters. The molecule has 2 aromatic rings. The molecule has 1 unspecified atom stereocenters. The summed E-state index contributed by atoms with van der Waals surface area (Å²) >= 11 is 1.76. The summed E-state index contributed by atoms with van der Waals surface area (Å²) in [5.74, 6) is 0.556. The minimum atomic E-state index is 0.381. The van der Waals surface area contributed by atoms with Crippen LogP contribution in [0.25, 0.3) is 10.2 Å². The number of hydrogen-bond donors (Lipinski definition) is 1. The molecule has 0 fully saturated rings. The third kappa shape index (κ3) is 4.00. The van der Waals surface area contributed by atoms with Crippen LogP contribution >= 0.6 is 11.3 Å². The molecule has 3 nitrogen and oxygen atoms in total. The van der Waals surface area contributed by atoms with Crippen molar-refractivity contribution in [3.63, 3.8) is 0 Å².